The van der Waals surface area contributed by atoms with Crippen molar-refractivity contribution < 1.29 is 19.2 Å². The topological polar surface area (TPSA) is 92.0 Å². The quantitative estimate of drug-likeness (QED) is 0.430. The fourth-order valence-electron chi connectivity index (χ4n) is 2.79. The normalized spacial score (nSPS) is 16.9. The van der Waals surface area contributed by atoms with E-state index in [2.05, 4.69) is 20.9 Å². The number of allylic oxidation sites excluding steroid dienone is 1. The molecule has 2 aromatic rings. The molecule has 0 fully saturated rings. The summed E-state index contributed by atoms with van der Waals surface area (Å²) in [5.74, 6) is 0.0933. The fraction of sp³-hybridized carbons (Fsp3) is 0.0476. The van der Waals surface area contributed by atoms with Gasteiger partial charge >= 0.3 is 5.97 Å². The third-order valence-electron chi connectivity index (χ3n) is 4.16. The molecule has 2 aromatic carbocycles. The SMILES string of the molecule is CC1=CC2=NC(=O)/C(=C\c3ccc(OC(=O)c4ccccc4)c(Br)c3)C(=N)N2O1. The van der Waals surface area contributed by atoms with E-state index in [4.69, 9.17) is 15.0 Å². The molecule has 0 atom stereocenters. The molecule has 2 aliphatic rings. The smallest absolute Gasteiger partial charge is 0.343 e. The zero-order chi connectivity index (χ0) is 20.5. The summed E-state index contributed by atoms with van der Waals surface area (Å²) in [6, 6.07) is 13.6. The van der Waals surface area contributed by atoms with Crippen LogP contribution in [0, 0.1) is 5.41 Å². The number of amidine groups is 2. The van der Waals surface area contributed by atoms with Crippen molar-refractivity contribution >= 4 is 45.6 Å². The van der Waals surface area contributed by atoms with E-state index in [1.54, 1.807) is 55.5 Å². The van der Waals surface area contributed by atoms with Crippen LogP contribution < -0.4 is 4.74 Å². The Balaban J connectivity index is 1.56. The second-order valence-corrected chi connectivity index (χ2v) is 7.12. The zero-order valence-corrected chi connectivity index (χ0v) is 16.8. The number of nitrogens with one attached hydrogen (secondary N) is 1. The van der Waals surface area contributed by atoms with Crippen molar-refractivity contribution in [1.29, 1.82) is 5.41 Å². The molecule has 0 aromatic heterocycles. The first kappa shape index (κ1) is 18.8. The molecule has 0 saturated heterocycles. The van der Waals surface area contributed by atoms with Crippen molar-refractivity contribution in [2.45, 2.75) is 6.92 Å². The Morgan fingerprint density at radius 1 is 1.24 bits per heavy atom. The van der Waals surface area contributed by atoms with Crippen LogP contribution in [0.2, 0.25) is 0 Å². The van der Waals surface area contributed by atoms with Gasteiger partial charge in [-0.3, -0.25) is 10.2 Å². The molecule has 2 aliphatic heterocycles. The summed E-state index contributed by atoms with van der Waals surface area (Å²) >= 11 is 3.38. The summed E-state index contributed by atoms with van der Waals surface area (Å²) in [4.78, 5) is 33.9. The summed E-state index contributed by atoms with van der Waals surface area (Å²) < 4.78 is 5.95. The lowest BCUT2D eigenvalue weighted by molar-refractivity contribution is -0.114. The van der Waals surface area contributed by atoms with E-state index in [0.717, 1.165) is 0 Å². The lowest BCUT2D eigenvalue weighted by atomic mass is 10.1. The maximum Gasteiger partial charge on any atom is 0.343 e. The Bertz CT molecular complexity index is 1140. The van der Waals surface area contributed by atoms with Gasteiger partial charge in [0.15, 0.2) is 11.7 Å². The lowest BCUT2D eigenvalue weighted by Gasteiger charge is -2.23. The van der Waals surface area contributed by atoms with E-state index >= 15 is 0 Å². The second kappa shape index (κ2) is 7.48. The maximum atomic E-state index is 12.3. The summed E-state index contributed by atoms with van der Waals surface area (Å²) in [6.07, 6.45) is 3.13. The van der Waals surface area contributed by atoms with Gasteiger partial charge in [-0.25, -0.2) is 4.79 Å². The Kier molecular flexibility index (Phi) is 4.85. The largest absolute Gasteiger partial charge is 0.422 e. The Hall–Kier alpha value is -3.52. The molecule has 1 N–H and O–H groups in total. The second-order valence-electron chi connectivity index (χ2n) is 6.27. The highest BCUT2D eigenvalue weighted by molar-refractivity contribution is 9.10. The number of hydrogen-bond acceptors (Lipinski definition) is 5. The first-order chi connectivity index (χ1) is 13.9. The van der Waals surface area contributed by atoms with E-state index in [0.29, 0.717) is 32.9 Å². The van der Waals surface area contributed by atoms with Crippen LogP contribution in [-0.2, 0) is 9.63 Å². The van der Waals surface area contributed by atoms with Gasteiger partial charge < -0.3 is 9.57 Å². The van der Waals surface area contributed by atoms with Gasteiger partial charge in [-0.1, -0.05) is 24.3 Å². The summed E-state index contributed by atoms with van der Waals surface area (Å²) in [5.41, 5.74) is 1.17. The van der Waals surface area contributed by atoms with Crippen LogP contribution >= 0.6 is 15.9 Å². The van der Waals surface area contributed by atoms with Crippen LogP contribution in [0.25, 0.3) is 6.08 Å². The van der Waals surface area contributed by atoms with Crippen molar-refractivity contribution in [3.8, 4) is 5.75 Å². The molecular formula is C21H14BrN3O4. The van der Waals surface area contributed by atoms with Crippen LogP contribution in [0.4, 0.5) is 0 Å². The van der Waals surface area contributed by atoms with Crippen LogP contribution in [0.15, 0.2) is 75.4 Å². The van der Waals surface area contributed by atoms with E-state index in [-0.39, 0.29) is 11.4 Å². The molecule has 4 rings (SSSR count). The van der Waals surface area contributed by atoms with Crippen LogP contribution in [0.3, 0.4) is 0 Å². The van der Waals surface area contributed by atoms with Crippen LogP contribution in [0.1, 0.15) is 22.8 Å². The van der Waals surface area contributed by atoms with E-state index in [9.17, 15) is 9.59 Å². The number of hydrogen-bond donors (Lipinski definition) is 1. The molecule has 2 heterocycles. The number of aliphatic imine (C=N–C) groups is 1. The molecule has 0 saturated carbocycles. The highest BCUT2D eigenvalue weighted by Gasteiger charge is 2.34. The van der Waals surface area contributed by atoms with Gasteiger partial charge in [-0.2, -0.15) is 4.99 Å². The van der Waals surface area contributed by atoms with Gasteiger partial charge in [-0.15, -0.1) is 5.06 Å². The van der Waals surface area contributed by atoms with Gasteiger partial charge in [0.05, 0.1) is 15.6 Å². The predicted molar refractivity (Wildman–Crippen MR) is 110 cm³/mol. The third kappa shape index (κ3) is 3.74. The van der Waals surface area contributed by atoms with Crippen molar-refractivity contribution in [3.05, 3.63) is 81.5 Å². The molecule has 0 aliphatic carbocycles. The molecular weight excluding hydrogens is 438 g/mol. The number of ether oxygens (including phenoxy) is 1. The molecule has 1 amide bonds. The molecule has 0 unspecified atom stereocenters. The number of nitrogens with zero attached hydrogens (tertiary/aromatic N) is 2. The highest BCUT2D eigenvalue weighted by atomic mass is 79.9. The predicted octanol–water partition coefficient (Wildman–Crippen LogP) is 4.12. The summed E-state index contributed by atoms with van der Waals surface area (Å²) in [5, 5.41) is 9.45. The molecule has 29 heavy (non-hydrogen) atoms. The number of amides is 1. The van der Waals surface area contributed by atoms with Crippen LogP contribution in [0.5, 0.6) is 5.75 Å². The van der Waals surface area contributed by atoms with Gasteiger partial charge in [0, 0.05) is 6.08 Å². The van der Waals surface area contributed by atoms with E-state index in [1.807, 2.05) is 6.07 Å². The molecule has 8 heteroatoms. The molecule has 144 valence electrons. The fourth-order valence-corrected chi connectivity index (χ4v) is 3.27. The van der Waals surface area contributed by atoms with Crippen molar-refractivity contribution in [1.82, 2.24) is 5.06 Å². The number of esters is 1. The standard InChI is InChI=1S/C21H14BrN3O4/c1-12-9-18-24-20(26)15(19(23)25(18)29-12)10-13-7-8-17(16(22)11-13)28-21(27)14-5-3-2-4-6-14/h2-11,23H,1H3/b15-10-,23-19?. The average Bonchev–Trinajstić information content (AvgIpc) is 3.08. The van der Waals surface area contributed by atoms with Gasteiger partial charge in [0.2, 0.25) is 0 Å². The average molecular weight is 452 g/mol. The van der Waals surface area contributed by atoms with Gasteiger partial charge in [0.25, 0.3) is 5.91 Å². The number of hydroxylamine groups is 2. The first-order valence-corrected chi connectivity index (χ1v) is 9.38. The molecule has 0 spiro atoms. The molecule has 0 radical (unpaired) electrons. The summed E-state index contributed by atoms with van der Waals surface area (Å²) in [7, 11) is 0. The first-order valence-electron chi connectivity index (χ1n) is 8.59. The Labute approximate surface area is 174 Å². The highest BCUT2D eigenvalue weighted by Crippen LogP contribution is 2.29. The Morgan fingerprint density at radius 3 is 2.72 bits per heavy atom. The number of rotatable bonds is 3. The van der Waals surface area contributed by atoms with Crippen molar-refractivity contribution in [2.75, 3.05) is 0 Å². The maximum absolute atomic E-state index is 12.3. The third-order valence-corrected chi connectivity index (χ3v) is 4.78. The van der Waals surface area contributed by atoms with Gasteiger partial charge in [-0.05, 0) is 58.8 Å². The Morgan fingerprint density at radius 2 is 2.00 bits per heavy atom. The zero-order valence-electron chi connectivity index (χ0n) is 15.2. The summed E-state index contributed by atoms with van der Waals surface area (Å²) in [6.45, 7) is 1.72. The monoisotopic (exact) mass is 451 g/mol. The lowest BCUT2D eigenvalue weighted by Crippen LogP contribution is -2.38. The number of halogens is 1. The van der Waals surface area contributed by atoms with Crippen molar-refractivity contribution in [2.24, 2.45) is 4.99 Å². The number of fused-ring (bicyclic) bond motifs is 1. The van der Waals surface area contributed by atoms with Crippen LogP contribution in [-0.4, -0.2) is 28.6 Å². The minimum atomic E-state index is -0.522. The van der Waals surface area contributed by atoms with Crippen molar-refractivity contribution in [3.63, 3.8) is 0 Å². The minimum absolute atomic E-state index is 0.0937. The van der Waals surface area contributed by atoms with E-state index in [1.165, 1.54) is 11.1 Å². The number of carbonyl (C=O) groups excluding carboxylic acids is 2. The molecule has 7 nitrogen and oxygen atoms in total. The van der Waals surface area contributed by atoms with E-state index < -0.39 is 11.9 Å². The van der Waals surface area contributed by atoms with Gasteiger partial charge in [0.1, 0.15) is 11.5 Å². The number of benzene rings is 2. The molecule has 0 bridgehead atoms. The number of carbonyl (C=O) groups is 2. The minimum Gasteiger partial charge on any atom is -0.422 e.